The third-order valence-electron chi connectivity index (χ3n) is 11.2. The molecule has 0 aromatic heterocycles. The Bertz CT molecular complexity index is 1410. The van der Waals surface area contributed by atoms with Gasteiger partial charge in [-0.15, -0.1) is 0 Å². The van der Waals surface area contributed by atoms with Crippen molar-refractivity contribution in [3.8, 4) is 11.5 Å². The van der Waals surface area contributed by atoms with E-state index in [-0.39, 0.29) is 41.4 Å². The Hall–Kier alpha value is -2.50. The third kappa shape index (κ3) is 8.80. The van der Waals surface area contributed by atoms with Gasteiger partial charge in [-0.05, 0) is 59.7 Å². The smallest absolute Gasteiger partial charge is 0.121 e. The van der Waals surface area contributed by atoms with E-state index < -0.39 is 11.7 Å². The first-order valence-electron chi connectivity index (χ1n) is 17.7. The fraction of sp³-hybridized carbons (Fsp3) is 0.538. The van der Waals surface area contributed by atoms with Crippen molar-refractivity contribution in [1.82, 2.24) is 5.32 Å². The predicted octanol–water partition coefficient (Wildman–Crippen LogP) is 2.18. The Morgan fingerprint density at radius 3 is 2.38 bits per heavy atom. The molecule has 0 amide bonds. The summed E-state index contributed by atoms with van der Waals surface area (Å²) in [5.74, 6) is 1.75. The lowest BCUT2D eigenvalue weighted by atomic mass is 9.80. The zero-order valence-corrected chi connectivity index (χ0v) is 29.6. The Kier molecular flexibility index (Phi) is 13.0. The number of nitrogens with one attached hydrogen (secondary N) is 1. The largest absolute Gasteiger partial charge is 1.00 e. The molecular formula is C39H53BrN2O6. The monoisotopic (exact) mass is 724 g/mol. The second-order valence-corrected chi connectivity index (χ2v) is 14.2. The van der Waals surface area contributed by atoms with Gasteiger partial charge in [-0.1, -0.05) is 61.4 Å². The van der Waals surface area contributed by atoms with Crippen molar-refractivity contribution in [1.29, 1.82) is 0 Å². The van der Waals surface area contributed by atoms with Crippen LogP contribution in [0.3, 0.4) is 0 Å². The molecule has 5 N–H and O–H groups in total. The van der Waals surface area contributed by atoms with Gasteiger partial charge in [-0.2, -0.15) is 0 Å². The molecule has 3 aromatic carbocycles. The average Bonchev–Trinajstić information content (AvgIpc) is 3.67. The minimum absolute atomic E-state index is 0. The topological polar surface area (TPSA) is 111 Å². The Morgan fingerprint density at radius 2 is 1.67 bits per heavy atom. The lowest BCUT2D eigenvalue weighted by molar-refractivity contribution is -0.946. The average molecular weight is 726 g/mol. The maximum atomic E-state index is 12.0. The number of ether oxygens (including phenoxy) is 2. The summed E-state index contributed by atoms with van der Waals surface area (Å²) in [6.45, 7) is 6.30. The van der Waals surface area contributed by atoms with Gasteiger partial charge < -0.3 is 56.7 Å². The molecule has 0 unspecified atom stereocenters. The minimum Gasteiger partial charge on any atom is -1.00 e. The number of quaternary nitrogens is 1. The lowest BCUT2D eigenvalue weighted by Gasteiger charge is -2.53. The van der Waals surface area contributed by atoms with E-state index in [2.05, 4.69) is 17.4 Å². The normalized spacial score (nSPS) is 24.1. The third-order valence-corrected chi connectivity index (χ3v) is 11.2. The summed E-state index contributed by atoms with van der Waals surface area (Å²) in [7, 11) is 0. The van der Waals surface area contributed by atoms with Crippen LogP contribution in [0.1, 0.15) is 73.3 Å². The van der Waals surface area contributed by atoms with Crippen LogP contribution in [0.2, 0.25) is 0 Å². The molecule has 1 saturated carbocycles. The number of aromatic hydroxyl groups is 1. The molecule has 3 saturated heterocycles. The maximum Gasteiger partial charge on any atom is 0.121 e. The van der Waals surface area contributed by atoms with Crippen molar-refractivity contribution < 1.29 is 51.4 Å². The van der Waals surface area contributed by atoms with Crippen LogP contribution in [0, 0.1) is 11.8 Å². The van der Waals surface area contributed by atoms with Gasteiger partial charge in [0.2, 0.25) is 0 Å². The number of piperidine rings is 3. The van der Waals surface area contributed by atoms with E-state index >= 15 is 0 Å². The van der Waals surface area contributed by atoms with E-state index in [9.17, 15) is 20.4 Å². The highest BCUT2D eigenvalue weighted by Crippen LogP contribution is 2.42. The summed E-state index contributed by atoms with van der Waals surface area (Å²) in [6.07, 6.45) is 7.38. The zero-order chi connectivity index (χ0) is 32.7. The fourth-order valence-corrected chi connectivity index (χ4v) is 8.23. The van der Waals surface area contributed by atoms with Crippen molar-refractivity contribution in [3.63, 3.8) is 0 Å². The summed E-state index contributed by atoms with van der Waals surface area (Å²) in [6, 6.07) is 23.1. The highest BCUT2D eigenvalue weighted by Gasteiger charge is 2.48. The van der Waals surface area contributed by atoms with Gasteiger partial charge in [0.15, 0.2) is 0 Å². The first kappa shape index (κ1) is 36.8. The summed E-state index contributed by atoms with van der Waals surface area (Å²) in [5, 5.41) is 44.9. The number of hydrogen-bond acceptors (Lipinski definition) is 7. The van der Waals surface area contributed by atoms with Crippen molar-refractivity contribution in [2.24, 2.45) is 11.8 Å². The second kappa shape index (κ2) is 16.9. The summed E-state index contributed by atoms with van der Waals surface area (Å²) in [4.78, 5) is 0. The molecule has 3 atom stereocenters. The number of rotatable bonds is 16. The van der Waals surface area contributed by atoms with Gasteiger partial charge >= 0.3 is 0 Å². The van der Waals surface area contributed by atoms with E-state index in [1.807, 2.05) is 42.5 Å². The number of fused-ring (bicyclic) bond motifs is 3. The number of hydrogen-bond donors (Lipinski definition) is 5. The number of halogens is 1. The van der Waals surface area contributed by atoms with Gasteiger partial charge in [0, 0.05) is 43.8 Å². The molecule has 7 rings (SSSR count). The zero-order valence-electron chi connectivity index (χ0n) is 28.0. The van der Waals surface area contributed by atoms with Gasteiger partial charge in [-0.25, -0.2) is 0 Å². The van der Waals surface area contributed by atoms with Crippen LogP contribution >= 0.6 is 0 Å². The fourth-order valence-electron chi connectivity index (χ4n) is 8.23. The molecule has 3 aliphatic heterocycles. The highest BCUT2D eigenvalue weighted by atomic mass is 79.9. The molecule has 4 aliphatic rings. The van der Waals surface area contributed by atoms with Crippen molar-refractivity contribution in [3.05, 3.63) is 95.1 Å². The summed E-state index contributed by atoms with van der Waals surface area (Å²) < 4.78 is 13.9. The van der Waals surface area contributed by atoms with E-state index in [1.54, 1.807) is 12.1 Å². The highest BCUT2D eigenvalue weighted by molar-refractivity contribution is 5.36. The number of benzene rings is 3. The molecule has 0 spiro atoms. The molecule has 2 bridgehead atoms. The van der Waals surface area contributed by atoms with Crippen LogP contribution in [0.4, 0.5) is 0 Å². The van der Waals surface area contributed by atoms with Crippen molar-refractivity contribution in [2.45, 2.75) is 75.9 Å². The summed E-state index contributed by atoms with van der Waals surface area (Å²) in [5.41, 5.74) is 2.25. The lowest BCUT2D eigenvalue weighted by Crippen LogP contribution is -3.00. The van der Waals surface area contributed by atoms with Crippen LogP contribution in [-0.2, 0) is 23.5 Å². The van der Waals surface area contributed by atoms with Crippen LogP contribution in [0.25, 0.3) is 0 Å². The molecule has 4 fully saturated rings. The molecule has 8 nitrogen and oxygen atoms in total. The van der Waals surface area contributed by atoms with Gasteiger partial charge in [0.25, 0.3) is 0 Å². The van der Waals surface area contributed by atoms with Crippen molar-refractivity contribution in [2.75, 3.05) is 45.9 Å². The van der Waals surface area contributed by atoms with E-state index in [0.717, 1.165) is 53.7 Å². The minimum atomic E-state index is -0.908. The molecule has 0 radical (unpaired) electrons. The summed E-state index contributed by atoms with van der Waals surface area (Å²) >= 11 is 0. The molecule has 3 aromatic rings. The SMILES string of the molecule is OCc1cc([C@@H](O)CNCc2ccc(OCCC[N+]34CCC(CC3)[C@@H](OC[C@@](O)(c3ccccc3)C3CCCC3)C4)cc2)ccc1O.[Br-]. The first-order valence-corrected chi connectivity index (χ1v) is 17.7. The molecule has 3 heterocycles. The predicted molar refractivity (Wildman–Crippen MR) is 182 cm³/mol. The van der Waals surface area contributed by atoms with Crippen LogP contribution < -0.4 is 27.0 Å². The number of phenols is 1. The molecule has 9 heteroatoms. The molecule has 48 heavy (non-hydrogen) atoms. The molecule has 262 valence electrons. The Labute approximate surface area is 296 Å². The molecular weight excluding hydrogens is 672 g/mol. The maximum absolute atomic E-state index is 12.0. The number of nitrogens with zero attached hydrogens (tertiary/aromatic N) is 1. The van der Waals surface area contributed by atoms with Crippen LogP contribution in [0.5, 0.6) is 11.5 Å². The van der Waals surface area contributed by atoms with Crippen LogP contribution in [-0.4, -0.2) is 77.0 Å². The first-order chi connectivity index (χ1) is 22.9. The molecule has 1 aliphatic carbocycles. The van der Waals surface area contributed by atoms with E-state index in [1.165, 1.54) is 44.8 Å². The van der Waals surface area contributed by atoms with Gasteiger partial charge in [0.1, 0.15) is 29.7 Å². The number of aliphatic hydroxyl groups is 3. The number of aliphatic hydroxyl groups excluding tert-OH is 2. The standard InChI is InChI=1S/C39H52N2O6.BrH/c42-27-32-23-31(13-16-36(32)43)37(44)25-40-24-29-11-14-35(15-12-29)46-22-6-19-41-20-17-30(18-21-41)38(26-41)47-28-39(45,34-9-4-5-10-34)33-7-2-1-3-8-33;/h1-3,7-8,11-16,23,30,34,37-38,40,42,44-45H,4-6,9-10,17-22,24-28H2;1H/t30?,37-,38-,39+,41?;/m0./s1. The second-order valence-electron chi connectivity index (χ2n) is 14.2. The Morgan fingerprint density at radius 1 is 0.938 bits per heavy atom. The van der Waals surface area contributed by atoms with Gasteiger partial charge in [-0.3, -0.25) is 0 Å². The van der Waals surface area contributed by atoms with Gasteiger partial charge in [0.05, 0.1) is 45.6 Å². The van der Waals surface area contributed by atoms with Crippen molar-refractivity contribution >= 4 is 0 Å². The van der Waals surface area contributed by atoms with E-state index in [4.69, 9.17) is 9.47 Å². The van der Waals surface area contributed by atoms with E-state index in [0.29, 0.717) is 43.3 Å². The van der Waals surface area contributed by atoms with Crippen LogP contribution in [0.15, 0.2) is 72.8 Å². The quantitative estimate of drug-likeness (QED) is 0.114. The Balaban J connectivity index is 0.00000451.